The van der Waals surface area contributed by atoms with Gasteiger partial charge in [0.25, 0.3) is 5.91 Å². The highest BCUT2D eigenvalue weighted by Crippen LogP contribution is 2.38. The Kier molecular flexibility index (Phi) is 5.06. The van der Waals surface area contributed by atoms with Gasteiger partial charge in [0, 0.05) is 37.5 Å². The molecule has 5 rings (SSSR count). The summed E-state index contributed by atoms with van der Waals surface area (Å²) in [7, 11) is -1.75. The van der Waals surface area contributed by atoms with Gasteiger partial charge in [0.2, 0.25) is 15.0 Å². The number of imidazole rings is 2. The number of anilines is 1. The fourth-order valence-electron chi connectivity index (χ4n) is 3.50. The molecule has 0 spiro atoms. The molecule has 33 heavy (non-hydrogen) atoms. The Balaban J connectivity index is 1.58. The quantitative estimate of drug-likeness (QED) is 0.414. The summed E-state index contributed by atoms with van der Waals surface area (Å²) in [5.41, 5.74) is 1.97. The van der Waals surface area contributed by atoms with Crippen LogP contribution in [-0.4, -0.2) is 44.5 Å². The van der Waals surface area contributed by atoms with E-state index in [1.54, 1.807) is 30.6 Å². The van der Waals surface area contributed by atoms with Crippen molar-refractivity contribution < 1.29 is 13.2 Å². The minimum Gasteiger partial charge on any atom is -0.333 e. The molecule has 9 nitrogen and oxygen atoms in total. The van der Waals surface area contributed by atoms with Crippen molar-refractivity contribution in [1.29, 1.82) is 0 Å². The van der Waals surface area contributed by atoms with Crippen LogP contribution in [0.2, 0.25) is 0 Å². The summed E-state index contributed by atoms with van der Waals surface area (Å²) < 4.78 is 27.6. The summed E-state index contributed by atoms with van der Waals surface area (Å²) in [5, 5.41) is 2.95. The number of sulfone groups is 1. The van der Waals surface area contributed by atoms with Gasteiger partial charge >= 0.3 is 0 Å². The Morgan fingerprint density at radius 2 is 1.79 bits per heavy atom. The number of nitrogens with one attached hydrogen (secondary N) is 1. The fraction of sp³-hybridized carbons (Fsp3) is 0.0909. The zero-order valence-corrected chi connectivity index (χ0v) is 19.3. The van der Waals surface area contributed by atoms with Crippen molar-refractivity contribution >= 4 is 37.7 Å². The maximum Gasteiger partial charge on any atom is 0.278 e. The van der Waals surface area contributed by atoms with Crippen LogP contribution in [-0.2, 0) is 16.9 Å². The van der Waals surface area contributed by atoms with Crippen LogP contribution in [0, 0.1) is 0 Å². The molecule has 11 heteroatoms. The molecule has 0 radical (unpaired) electrons. The zero-order valence-electron chi connectivity index (χ0n) is 17.6. The summed E-state index contributed by atoms with van der Waals surface area (Å²) in [4.78, 5) is 27.2. The number of hydrogen-bond acceptors (Lipinski definition) is 7. The first-order chi connectivity index (χ1) is 15.8. The Hall–Kier alpha value is -3.83. The number of fused-ring (bicyclic) bond motifs is 1. The maximum atomic E-state index is 13.1. The number of aromatic nitrogens is 5. The molecule has 0 aliphatic carbocycles. The van der Waals surface area contributed by atoms with Crippen LogP contribution in [0.3, 0.4) is 0 Å². The molecule has 0 saturated carbocycles. The van der Waals surface area contributed by atoms with Crippen molar-refractivity contribution in [2.75, 3.05) is 11.6 Å². The first-order valence-electron chi connectivity index (χ1n) is 9.85. The van der Waals surface area contributed by atoms with Crippen LogP contribution in [0.4, 0.5) is 5.13 Å². The van der Waals surface area contributed by atoms with E-state index in [1.807, 2.05) is 48.1 Å². The number of pyridine rings is 1. The van der Waals surface area contributed by atoms with Gasteiger partial charge in [0.15, 0.2) is 16.6 Å². The minimum absolute atomic E-state index is 0.00558. The van der Waals surface area contributed by atoms with Crippen LogP contribution in [0.5, 0.6) is 0 Å². The number of carbonyl (C=O) groups excluding carboxylic acids is 1. The maximum absolute atomic E-state index is 13.1. The third-order valence-corrected chi connectivity index (χ3v) is 6.90. The van der Waals surface area contributed by atoms with Crippen molar-refractivity contribution in [3.63, 3.8) is 0 Å². The van der Waals surface area contributed by atoms with Crippen LogP contribution in [0.1, 0.15) is 10.5 Å². The SMILES string of the molecule is Cn1ccnc1-c1sc(NC(=O)c2nc(S(C)(=O)=O)n3ccccc23)nc1-c1ccccc1. The smallest absolute Gasteiger partial charge is 0.278 e. The first-order valence-corrected chi connectivity index (χ1v) is 12.6. The second kappa shape index (κ2) is 7.94. The molecule has 0 aliphatic rings. The Morgan fingerprint density at radius 3 is 2.48 bits per heavy atom. The number of nitrogens with zero attached hydrogens (tertiary/aromatic N) is 5. The van der Waals surface area contributed by atoms with Gasteiger partial charge in [0.05, 0.1) is 16.1 Å². The molecule has 0 aliphatic heterocycles. The number of rotatable bonds is 5. The van der Waals surface area contributed by atoms with E-state index in [9.17, 15) is 13.2 Å². The summed E-state index contributed by atoms with van der Waals surface area (Å²) in [6.07, 6.45) is 6.16. The average molecular weight is 479 g/mol. The van der Waals surface area contributed by atoms with E-state index in [-0.39, 0.29) is 10.9 Å². The molecule has 1 amide bonds. The van der Waals surface area contributed by atoms with Gasteiger partial charge in [0.1, 0.15) is 0 Å². The lowest BCUT2D eigenvalue weighted by Gasteiger charge is -2.02. The highest BCUT2D eigenvalue weighted by molar-refractivity contribution is 7.90. The predicted octanol–water partition coefficient (Wildman–Crippen LogP) is 3.51. The molecule has 0 fully saturated rings. The van der Waals surface area contributed by atoms with Gasteiger partial charge in [-0.25, -0.2) is 23.4 Å². The zero-order chi connectivity index (χ0) is 23.2. The van der Waals surface area contributed by atoms with Crippen molar-refractivity contribution in [2.24, 2.45) is 7.05 Å². The summed E-state index contributed by atoms with van der Waals surface area (Å²) in [6.45, 7) is 0. The first kappa shape index (κ1) is 21.0. The highest BCUT2D eigenvalue weighted by Gasteiger charge is 2.25. The fourth-order valence-corrected chi connectivity index (χ4v) is 5.29. The summed E-state index contributed by atoms with van der Waals surface area (Å²) >= 11 is 1.29. The van der Waals surface area contributed by atoms with Gasteiger partial charge in [-0.1, -0.05) is 47.7 Å². The normalized spacial score (nSPS) is 11.7. The van der Waals surface area contributed by atoms with Crippen LogP contribution < -0.4 is 5.32 Å². The number of amides is 1. The van der Waals surface area contributed by atoms with Gasteiger partial charge in [-0.05, 0) is 12.1 Å². The Labute approximate surface area is 193 Å². The molecule has 4 heterocycles. The van der Waals surface area contributed by atoms with Gasteiger partial charge < -0.3 is 4.57 Å². The molecule has 0 unspecified atom stereocenters. The number of aryl methyl sites for hydroxylation is 1. The lowest BCUT2D eigenvalue weighted by molar-refractivity contribution is 0.102. The summed E-state index contributed by atoms with van der Waals surface area (Å²) in [6, 6.07) is 14.7. The Morgan fingerprint density at radius 1 is 1.03 bits per heavy atom. The number of thiazole rings is 1. The van der Waals surface area contributed by atoms with Crippen molar-refractivity contribution in [2.45, 2.75) is 5.16 Å². The molecular formula is C22H18N6O3S2. The molecule has 5 aromatic rings. The second-order valence-corrected chi connectivity index (χ2v) is 10.3. The van der Waals surface area contributed by atoms with Crippen molar-refractivity contribution in [3.05, 3.63) is 72.8 Å². The average Bonchev–Trinajstić information content (AvgIpc) is 3.50. The monoisotopic (exact) mass is 478 g/mol. The number of hydrogen-bond donors (Lipinski definition) is 1. The van der Waals surface area contributed by atoms with Gasteiger partial charge in [-0.15, -0.1) is 0 Å². The van der Waals surface area contributed by atoms with Gasteiger partial charge in [-0.2, -0.15) is 0 Å². The van der Waals surface area contributed by atoms with E-state index in [4.69, 9.17) is 0 Å². The topological polar surface area (TPSA) is 111 Å². The van der Waals surface area contributed by atoms with E-state index in [2.05, 4.69) is 20.3 Å². The predicted molar refractivity (Wildman–Crippen MR) is 126 cm³/mol. The number of carbonyl (C=O) groups is 1. The largest absolute Gasteiger partial charge is 0.333 e. The minimum atomic E-state index is -3.64. The molecular weight excluding hydrogens is 460 g/mol. The molecule has 166 valence electrons. The molecule has 0 bridgehead atoms. The standard InChI is InChI=1S/C22H18N6O3S2/c1-27-13-11-23-19(27)18-16(14-8-4-3-5-9-14)24-21(32-18)26-20(29)17-15-10-6-7-12-28(15)22(25-17)33(2,30)31/h3-13H,1-2H3,(H,24,26,29). The van der Waals surface area contributed by atoms with Crippen molar-refractivity contribution in [3.8, 4) is 22.0 Å². The van der Waals surface area contributed by atoms with Crippen LogP contribution in [0.25, 0.3) is 27.5 Å². The third kappa shape index (κ3) is 3.81. The van der Waals surface area contributed by atoms with Gasteiger partial charge in [-0.3, -0.25) is 14.5 Å². The van der Waals surface area contributed by atoms with Crippen LogP contribution >= 0.6 is 11.3 Å². The Bertz CT molecular complexity index is 1600. The van der Waals surface area contributed by atoms with E-state index >= 15 is 0 Å². The van der Waals surface area contributed by atoms with E-state index in [1.165, 1.54) is 15.7 Å². The third-order valence-electron chi connectivity index (χ3n) is 4.98. The van der Waals surface area contributed by atoms with E-state index < -0.39 is 15.7 Å². The second-order valence-electron chi connectivity index (χ2n) is 7.35. The lowest BCUT2D eigenvalue weighted by atomic mass is 10.1. The summed E-state index contributed by atoms with van der Waals surface area (Å²) in [5.74, 6) is 0.173. The van der Waals surface area contributed by atoms with Crippen LogP contribution in [0.15, 0.2) is 72.3 Å². The molecule has 0 atom stereocenters. The number of benzene rings is 1. The molecule has 1 N–H and O–H groups in total. The van der Waals surface area contributed by atoms with Crippen molar-refractivity contribution in [1.82, 2.24) is 23.9 Å². The highest BCUT2D eigenvalue weighted by atomic mass is 32.2. The van der Waals surface area contributed by atoms with E-state index in [0.29, 0.717) is 16.3 Å². The molecule has 0 saturated heterocycles. The molecule has 4 aromatic heterocycles. The van der Waals surface area contributed by atoms with E-state index in [0.717, 1.165) is 22.5 Å². The lowest BCUT2D eigenvalue weighted by Crippen LogP contribution is -2.13. The molecule has 1 aromatic carbocycles.